The molecule has 1 unspecified atom stereocenters. The lowest BCUT2D eigenvalue weighted by Crippen LogP contribution is -2.37. The summed E-state index contributed by atoms with van der Waals surface area (Å²) >= 11 is 11.8. The Morgan fingerprint density at radius 2 is 2.18 bits per heavy atom. The molecule has 0 fully saturated rings. The van der Waals surface area contributed by atoms with Crippen LogP contribution in [0.15, 0.2) is 22.7 Å². The lowest BCUT2D eigenvalue weighted by molar-refractivity contribution is 0.173. The van der Waals surface area contributed by atoms with Crippen molar-refractivity contribution < 1.29 is 14.4 Å². The Morgan fingerprint density at radius 1 is 1.41 bits per heavy atom. The predicted octanol–water partition coefficient (Wildman–Crippen LogP) is 2.22. The molecule has 2 rings (SSSR count). The van der Waals surface area contributed by atoms with Gasteiger partial charge in [-0.25, -0.2) is 4.79 Å². The topological polar surface area (TPSA) is 100 Å². The van der Waals surface area contributed by atoms with Gasteiger partial charge < -0.3 is 20.3 Å². The zero-order valence-electron chi connectivity index (χ0n) is 11.6. The molecule has 1 heterocycles. The fourth-order valence-corrected chi connectivity index (χ4v) is 2.24. The molecule has 1 aromatic heterocycles. The number of hydrogen-bond donors (Lipinski definition) is 3. The van der Waals surface area contributed by atoms with Crippen molar-refractivity contribution in [2.75, 3.05) is 6.54 Å². The van der Waals surface area contributed by atoms with Gasteiger partial charge in [0.15, 0.2) is 5.82 Å². The smallest absolute Gasteiger partial charge is 0.315 e. The Labute approximate surface area is 136 Å². The van der Waals surface area contributed by atoms with Crippen LogP contribution >= 0.6 is 23.2 Å². The molecule has 1 atom stereocenters. The Morgan fingerprint density at radius 3 is 2.82 bits per heavy atom. The van der Waals surface area contributed by atoms with Crippen molar-refractivity contribution in [2.24, 2.45) is 0 Å². The zero-order valence-corrected chi connectivity index (χ0v) is 13.1. The van der Waals surface area contributed by atoms with Crippen LogP contribution in [0.5, 0.6) is 0 Å². The number of nitrogens with one attached hydrogen (secondary N) is 2. The Kier molecular flexibility index (Phi) is 5.59. The fraction of sp³-hybridized carbons (Fsp3) is 0.308. The van der Waals surface area contributed by atoms with E-state index in [1.54, 1.807) is 19.1 Å². The summed E-state index contributed by atoms with van der Waals surface area (Å²) in [4.78, 5) is 15.6. The average molecular weight is 345 g/mol. The number of aromatic nitrogens is 2. The number of aliphatic hydroxyl groups excluding tert-OH is 1. The third-order valence-corrected chi connectivity index (χ3v) is 3.32. The molecule has 1 aromatic carbocycles. The van der Waals surface area contributed by atoms with Gasteiger partial charge in [0.25, 0.3) is 0 Å². The molecule has 0 saturated carbocycles. The maximum Gasteiger partial charge on any atom is 0.315 e. The lowest BCUT2D eigenvalue weighted by Gasteiger charge is -2.14. The number of amides is 2. The van der Waals surface area contributed by atoms with Crippen LogP contribution in [0.25, 0.3) is 0 Å². The van der Waals surface area contributed by atoms with Crippen LogP contribution in [0.2, 0.25) is 10.0 Å². The van der Waals surface area contributed by atoms with Gasteiger partial charge in [0.2, 0.25) is 5.89 Å². The second kappa shape index (κ2) is 7.44. The Balaban J connectivity index is 1.80. The molecule has 0 saturated heterocycles. The van der Waals surface area contributed by atoms with E-state index >= 15 is 0 Å². The highest BCUT2D eigenvalue weighted by Gasteiger charge is 2.13. The third-order valence-electron chi connectivity index (χ3n) is 2.75. The Hall–Kier alpha value is -1.83. The minimum absolute atomic E-state index is 0.00153. The van der Waals surface area contributed by atoms with Gasteiger partial charge in [-0.1, -0.05) is 34.4 Å². The molecule has 0 aliphatic rings. The first-order valence-electron chi connectivity index (χ1n) is 6.39. The van der Waals surface area contributed by atoms with Crippen molar-refractivity contribution in [2.45, 2.75) is 19.6 Å². The number of aryl methyl sites for hydroxylation is 1. The molecular weight excluding hydrogens is 331 g/mol. The highest BCUT2D eigenvalue weighted by Crippen LogP contribution is 2.25. The first-order chi connectivity index (χ1) is 10.5. The van der Waals surface area contributed by atoms with E-state index in [4.69, 9.17) is 27.7 Å². The van der Waals surface area contributed by atoms with E-state index in [-0.39, 0.29) is 13.1 Å². The molecule has 2 amide bonds. The maximum atomic E-state index is 11.6. The van der Waals surface area contributed by atoms with E-state index in [0.717, 1.165) is 0 Å². The van der Waals surface area contributed by atoms with Gasteiger partial charge in [-0.3, -0.25) is 0 Å². The van der Waals surface area contributed by atoms with Gasteiger partial charge in [0.05, 0.1) is 12.6 Å². The van der Waals surface area contributed by atoms with E-state index in [1.807, 2.05) is 0 Å². The standard InChI is InChI=1S/C13H14Cl2N4O3/c1-7-18-12(19-22-7)6-17-13(21)16-5-11(20)9-3-2-8(14)4-10(9)15/h2-4,11,20H,5-6H2,1H3,(H2,16,17,21). The molecule has 3 N–H and O–H groups in total. The number of rotatable bonds is 5. The maximum absolute atomic E-state index is 11.6. The molecule has 2 aromatic rings. The van der Waals surface area contributed by atoms with Crippen LogP contribution in [0.4, 0.5) is 4.79 Å². The highest BCUT2D eigenvalue weighted by atomic mass is 35.5. The molecular formula is C13H14Cl2N4O3. The molecule has 0 aliphatic carbocycles. The van der Waals surface area contributed by atoms with Crippen LogP contribution in [-0.2, 0) is 6.54 Å². The van der Waals surface area contributed by atoms with E-state index < -0.39 is 12.1 Å². The summed E-state index contributed by atoms with van der Waals surface area (Å²) in [5.74, 6) is 0.791. The van der Waals surface area contributed by atoms with Crippen LogP contribution in [0.3, 0.4) is 0 Å². The number of urea groups is 1. The summed E-state index contributed by atoms with van der Waals surface area (Å²) < 4.78 is 4.78. The van der Waals surface area contributed by atoms with Gasteiger partial charge in [-0.05, 0) is 12.1 Å². The molecule has 0 aliphatic heterocycles. The number of hydrogen-bond acceptors (Lipinski definition) is 5. The van der Waals surface area contributed by atoms with Crippen LogP contribution in [0, 0.1) is 6.92 Å². The summed E-state index contributed by atoms with van der Waals surface area (Å²) in [6.45, 7) is 1.78. The second-order valence-electron chi connectivity index (χ2n) is 4.47. The number of halogens is 2. The van der Waals surface area contributed by atoms with Crippen molar-refractivity contribution in [3.63, 3.8) is 0 Å². The van der Waals surface area contributed by atoms with Gasteiger partial charge in [0, 0.05) is 29.1 Å². The van der Waals surface area contributed by atoms with Gasteiger partial charge >= 0.3 is 6.03 Å². The number of carbonyl (C=O) groups excluding carboxylic acids is 1. The Bertz CT molecular complexity index is 662. The summed E-state index contributed by atoms with van der Waals surface area (Å²) in [5, 5.41) is 19.5. The van der Waals surface area contributed by atoms with E-state index in [1.165, 1.54) is 6.07 Å². The average Bonchev–Trinajstić information content (AvgIpc) is 2.88. The first-order valence-corrected chi connectivity index (χ1v) is 7.15. The number of aliphatic hydroxyl groups is 1. The van der Waals surface area contributed by atoms with Gasteiger partial charge in [0.1, 0.15) is 0 Å². The highest BCUT2D eigenvalue weighted by molar-refractivity contribution is 6.35. The van der Waals surface area contributed by atoms with Crippen LogP contribution in [-0.4, -0.2) is 27.8 Å². The molecule has 118 valence electrons. The predicted molar refractivity (Wildman–Crippen MR) is 80.7 cm³/mol. The van der Waals surface area contributed by atoms with Gasteiger partial charge in [-0.15, -0.1) is 0 Å². The van der Waals surface area contributed by atoms with Crippen molar-refractivity contribution >= 4 is 29.2 Å². The molecule has 0 bridgehead atoms. The van der Waals surface area contributed by atoms with E-state index in [9.17, 15) is 9.90 Å². The van der Waals surface area contributed by atoms with Crippen molar-refractivity contribution in [1.82, 2.24) is 20.8 Å². The second-order valence-corrected chi connectivity index (χ2v) is 5.32. The monoisotopic (exact) mass is 344 g/mol. The summed E-state index contributed by atoms with van der Waals surface area (Å²) in [7, 11) is 0. The first kappa shape index (κ1) is 16.5. The molecule has 7 nitrogen and oxygen atoms in total. The largest absolute Gasteiger partial charge is 0.387 e. The fourth-order valence-electron chi connectivity index (χ4n) is 1.71. The van der Waals surface area contributed by atoms with Crippen LogP contribution < -0.4 is 10.6 Å². The van der Waals surface area contributed by atoms with Crippen molar-refractivity contribution in [3.05, 3.63) is 45.5 Å². The van der Waals surface area contributed by atoms with Crippen molar-refractivity contribution in [1.29, 1.82) is 0 Å². The summed E-state index contributed by atoms with van der Waals surface area (Å²) in [6, 6.07) is 4.29. The number of carbonyl (C=O) groups is 1. The summed E-state index contributed by atoms with van der Waals surface area (Å²) in [6.07, 6.45) is -0.942. The zero-order chi connectivity index (χ0) is 16.1. The molecule has 22 heavy (non-hydrogen) atoms. The van der Waals surface area contributed by atoms with Gasteiger partial charge in [-0.2, -0.15) is 4.98 Å². The molecule has 9 heteroatoms. The molecule has 0 spiro atoms. The quantitative estimate of drug-likeness (QED) is 0.772. The van der Waals surface area contributed by atoms with Crippen LogP contribution in [0.1, 0.15) is 23.4 Å². The SMILES string of the molecule is Cc1nc(CNC(=O)NCC(O)c2ccc(Cl)cc2Cl)no1. The normalized spacial score (nSPS) is 12.0. The van der Waals surface area contributed by atoms with Crippen molar-refractivity contribution in [3.8, 4) is 0 Å². The lowest BCUT2D eigenvalue weighted by atomic mass is 10.1. The third kappa shape index (κ3) is 4.59. The van der Waals surface area contributed by atoms with E-state index in [2.05, 4.69) is 20.8 Å². The number of nitrogens with zero attached hydrogens (tertiary/aromatic N) is 2. The minimum atomic E-state index is -0.942. The van der Waals surface area contributed by atoms with E-state index in [0.29, 0.717) is 27.3 Å². The summed E-state index contributed by atoms with van der Waals surface area (Å²) in [5.41, 5.74) is 0.486. The molecule has 0 radical (unpaired) electrons. The number of benzene rings is 1. The minimum Gasteiger partial charge on any atom is -0.387 e.